The van der Waals surface area contributed by atoms with E-state index in [0.29, 0.717) is 29.9 Å². The lowest BCUT2D eigenvalue weighted by atomic mass is 9.74. The Balaban J connectivity index is 1.56. The van der Waals surface area contributed by atoms with Gasteiger partial charge in [0.05, 0.1) is 18.0 Å². The average Bonchev–Trinajstić information content (AvgIpc) is 3.07. The summed E-state index contributed by atoms with van der Waals surface area (Å²) in [6.45, 7) is 1.64. The van der Waals surface area contributed by atoms with E-state index in [4.69, 9.17) is 9.47 Å². The first kappa shape index (κ1) is 18.0. The second-order valence-electron chi connectivity index (χ2n) is 6.85. The van der Waals surface area contributed by atoms with E-state index in [1.54, 1.807) is 25.1 Å². The van der Waals surface area contributed by atoms with Gasteiger partial charge < -0.3 is 25.2 Å². The highest BCUT2D eigenvalue weighted by atomic mass is 16.7. The van der Waals surface area contributed by atoms with Crippen LogP contribution in [0.15, 0.2) is 18.2 Å². The monoisotopic (exact) mass is 362 g/mol. The van der Waals surface area contributed by atoms with Gasteiger partial charge in [-0.1, -0.05) is 12.8 Å². The van der Waals surface area contributed by atoms with Crippen LogP contribution >= 0.6 is 0 Å². The number of benzene rings is 1. The Morgan fingerprint density at radius 2 is 2.00 bits per heavy atom. The van der Waals surface area contributed by atoms with Crippen molar-refractivity contribution in [1.82, 2.24) is 10.6 Å². The molecule has 2 aliphatic rings. The quantitative estimate of drug-likeness (QED) is 0.727. The molecule has 1 fully saturated rings. The minimum absolute atomic E-state index is 0.117. The van der Waals surface area contributed by atoms with Crippen molar-refractivity contribution >= 4 is 17.8 Å². The molecule has 1 aliphatic heterocycles. The first-order valence-electron chi connectivity index (χ1n) is 8.61. The molecule has 3 rings (SSSR count). The molecule has 1 aromatic rings. The number of fused-ring (bicyclic) bond motifs is 1. The predicted octanol–water partition coefficient (Wildman–Crippen LogP) is 1.29. The van der Waals surface area contributed by atoms with Crippen molar-refractivity contribution < 1.29 is 29.0 Å². The first-order valence-corrected chi connectivity index (χ1v) is 8.61. The Kier molecular flexibility index (Phi) is 5.01. The zero-order valence-corrected chi connectivity index (χ0v) is 14.5. The highest BCUT2D eigenvalue weighted by Gasteiger charge is 2.42. The van der Waals surface area contributed by atoms with Crippen LogP contribution in [0.3, 0.4) is 0 Å². The third-order valence-electron chi connectivity index (χ3n) is 4.98. The van der Waals surface area contributed by atoms with Crippen LogP contribution in [0.4, 0.5) is 0 Å². The summed E-state index contributed by atoms with van der Waals surface area (Å²) in [5.74, 6) is -1.29. The number of ether oxygens (including phenoxy) is 2. The largest absolute Gasteiger partial charge is 0.481 e. The van der Waals surface area contributed by atoms with Crippen molar-refractivity contribution in [3.63, 3.8) is 0 Å². The molecule has 1 heterocycles. The fourth-order valence-electron chi connectivity index (χ4n) is 3.54. The molecule has 8 heteroatoms. The molecule has 0 spiro atoms. The summed E-state index contributed by atoms with van der Waals surface area (Å²) in [5, 5.41) is 14.7. The van der Waals surface area contributed by atoms with E-state index in [2.05, 4.69) is 10.6 Å². The molecule has 3 N–H and O–H groups in total. The molecule has 140 valence electrons. The Hall–Kier alpha value is -2.77. The number of carbonyl (C=O) groups excluding carboxylic acids is 2. The summed E-state index contributed by atoms with van der Waals surface area (Å²) >= 11 is 0. The van der Waals surface area contributed by atoms with Crippen LogP contribution in [-0.4, -0.2) is 41.8 Å². The molecular weight excluding hydrogens is 340 g/mol. The molecule has 2 unspecified atom stereocenters. The molecule has 8 nitrogen and oxygen atoms in total. The van der Waals surface area contributed by atoms with Crippen molar-refractivity contribution in [3.8, 4) is 11.5 Å². The minimum Gasteiger partial charge on any atom is -0.481 e. The Morgan fingerprint density at radius 3 is 2.77 bits per heavy atom. The molecule has 1 aromatic carbocycles. The van der Waals surface area contributed by atoms with Gasteiger partial charge in [0.2, 0.25) is 12.7 Å². The number of carbonyl (C=O) groups is 3. The molecule has 0 radical (unpaired) electrons. The van der Waals surface area contributed by atoms with Gasteiger partial charge in [0.15, 0.2) is 11.5 Å². The van der Waals surface area contributed by atoms with Crippen LogP contribution in [0.1, 0.15) is 43.0 Å². The van der Waals surface area contributed by atoms with Crippen LogP contribution in [-0.2, 0) is 9.59 Å². The summed E-state index contributed by atoms with van der Waals surface area (Å²) in [4.78, 5) is 35.9. The number of hydrogen-bond acceptors (Lipinski definition) is 5. The molecule has 1 saturated carbocycles. The molecule has 2 atom stereocenters. The summed E-state index contributed by atoms with van der Waals surface area (Å²) in [6, 6.07) is 4.78. The van der Waals surface area contributed by atoms with Gasteiger partial charge in [-0.3, -0.25) is 14.4 Å². The highest BCUT2D eigenvalue weighted by Crippen LogP contribution is 2.34. The molecule has 26 heavy (non-hydrogen) atoms. The Bertz CT molecular complexity index is 734. The normalized spacial score (nSPS) is 24.0. The average molecular weight is 362 g/mol. The first-order chi connectivity index (χ1) is 12.4. The number of carboxylic acid groups (broad SMARTS) is 1. The highest BCUT2D eigenvalue weighted by molar-refractivity contribution is 5.97. The van der Waals surface area contributed by atoms with Gasteiger partial charge in [-0.15, -0.1) is 0 Å². The summed E-state index contributed by atoms with van der Waals surface area (Å²) in [7, 11) is 0. The number of nitrogens with one attached hydrogen (secondary N) is 2. The predicted molar refractivity (Wildman–Crippen MR) is 91.0 cm³/mol. The number of hydrogen-bond donors (Lipinski definition) is 3. The molecule has 0 aromatic heterocycles. The zero-order chi connectivity index (χ0) is 18.7. The lowest BCUT2D eigenvalue weighted by molar-refractivity contribution is -0.146. The van der Waals surface area contributed by atoms with Crippen LogP contribution in [0.5, 0.6) is 11.5 Å². The fraction of sp³-hybridized carbons (Fsp3) is 0.500. The van der Waals surface area contributed by atoms with Gasteiger partial charge in [-0.2, -0.15) is 0 Å². The lowest BCUT2D eigenvalue weighted by Crippen LogP contribution is -2.57. The molecule has 1 aliphatic carbocycles. The maximum atomic E-state index is 12.2. The smallest absolute Gasteiger partial charge is 0.308 e. The summed E-state index contributed by atoms with van der Waals surface area (Å²) in [5.41, 5.74) is -0.445. The van der Waals surface area contributed by atoms with Gasteiger partial charge >= 0.3 is 5.97 Å². The number of carboxylic acids is 1. The van der Waals surface area contributed by atoms with Crippen molar-refractivity contribution in [2.24, 2.45) is 5.92 Å². The van der Waals surface area contributed by atoms with E-state index in [-0.39, 0.29) is 13.3 Å². The van der Waals surface area contributed by atoms with Crippen LogP contribution in [0.2, 0.25) is 0 Å². The fourth-order valence-corrected chi connectivity index (χ4v) is 3.54. The van der Waals surface area contributed by atoms with Crippen molar-refractivity contribution in [2.45, 2.75) is 38.1 Å². The van der Waals surface area contributed by atoms with Crippen LogP contribution in [0.25, 0.3) is 0 Å². The van der Waals surface area contributed by atoms with E-state index >= 15 is 0 Å². The van der Waals surface area contributed by atoms with E-state index in [9.17, 15) is 19.5 Å². The van der Waals surface area contributed by atoms with Gasteiger partial charge in [0.25, 0.3) is 5.91 Å². The summed E-state index contributed by atoms with van der Waals surface area (Å²) < 4.78 is 10.4. The van der Waals surface area contributed by atoms with E-state index in [0.717, 1.165) is 12.8 Å². The molecule has 0 bridgehead atoms. The van der Waals surface area contributed by atoms with E-state index in [1.807, 2.05) is 0 Å². The van der Waals surface area contributed by atoms with Gasteiger partial charge in [0.1, 0.15) is 0 Å². The van der Waals surface area contributed by atoms with Crippen molar-refractivity contribution in [1.29, 1.82) is 0 Å². The second kappa shape index (κ2) is 7.23. The third-order valence-corrected chi connectivity index (χ3v) is 4.98. The van der Waals surface area contributed by atoms with E-state index in [1.165, 1.54) is 0 Å². The SMILES string of the molecule is CC1(NC(=O)CNC(=O)c2ccc3c(c2)OCO3)CCCCC1C(=O)O. The van der Waals surface area contributed by atoms with Gasteiger partial charge in [0, 0.05) is 5.56 Å². The topological polar surface area (TPSA) is 114 Å². The van der Waals surface area contributed by atoms with Gasteiger partial charge in [-0.05, 0) is 38.0 Å². The van der Waals surface area contributed by atoms with Crippen molar-refractivity contribution in [3.05, 3.63) is 23.8 Å². The number of aliphatic carboxylic acids is 1. The van der Waals surface area contributed by atoms with Crippen molar-refractivity contribution in [2.75, 3.05) is 13.3 Å². The molecular formula is C18H22N2O6. The Morgan fingerprint density at radius 1 is 1.23 bits per heavy atom. The minimum atomic E-state index is -0.906. The summed E-state index contributed by atoms with van der Waals surface area (Å²) in [6.07, 6.45) is 2.84. The maximum absolute atomic E-state index is 12.2. The zero-order valence-electron chi connectivity index (χ0n) is 14.5. The van der Waals surface area contributed by atoms with E-state index < -0.39 is 29.2 Å². The van der Waals surface area contributed by atoms with Crippen LogP contribution < -0.4 is 20.1 Å². The molecule has 2 amide bonds. The third kappa shape index (κ3) is 3.74. The van der Waals surface area contributed by atoms with Gasteiger partial charge in [-0.25, -0.2) is 0 Å². The second-order valence-corrected chi connectivity index (χ2v) is 6.85. The van der Waals surface area contributed by atoms with Crippen LogP contribution in [0, 0.1) is 5.92 Å². The number of amides is 2. The standard InChI is InChI=1S/C18H22N2O6/c1-18(7-3-2-4-12(18)17(23)24)20-15(21)9-19-16(22)11-5-6-13-14(8-11)26-10-25-13/h5-6,8,12H,2-4,7,9-10H2,1H3,(H,19,22)(H,20,21)(H,23,24). The molecule has 0 saturated heterocycles. The Labute approximate surface area is 150 Å². The number of rotatable bonds is 5. The maximum Gasteiger partial charge on any atom is 0.308 e. The lowest BCUT2D eigenvalue weighted by Gasteiger charge is -2.39.